The lowest BCUT2D eigenvalue weighted by Gasteiger charge is -2.25. The van der Waals surface area contributed by atoms with E-state index in [1.807, 2.05) is 48.1 Å². The molecule has 0 aliphatic heterocycles. The van der Waals surface area contributed by atoms with Crippen LogP contribution in [0, 0.1) is 5.82 Å². The van der Waals surface area contributed by atoms with Gasteiger partial charge in [0.1, 0.15) is 5.82 Å². The molecule has 0 radical (unpaired) electrons. The van der Waals surface area contributed by atoms with E-state index in [4.69, 9.17) is 0 Å². The molecule has 2 aromatic carbocycles. The van der Waals surface area contributed by atoms with Crippen molar-refractivity contribution in [2.45, 2.75) is 19.5 Å². The summed E-state index contributed by atoms with van der Waals surface area (Å²) in [6.45, 7) is 2.60. The van der Waals surface area contributed by atoms with E-state index < -0.39 is 0 Å². The Morgan fingerprint density at radius 3 is 2.44 bits per heavy atom. The molecule has 0 bridgehead atoms. The Labute approximate surface area is 146 Å². The van der Waals surface area contributed by atoms with Gasteiger partial charge in [0, 0.05) is 25.0 Å². The summed E-state index contributed by atoms with van der Waals surface area (Å²) in [5.74, 6) is -0.347. The fourth-order valence-electron chi connectivity index (χ4n) is 2.68. The van der Waals surface area contributed by atoms with Gasteiger partial charge in [-0.2, -0.15) is 5.10 Å². The Bertz CT molecular complexity index is 826. The number of halogens is 1. The predicted molar refractivity (Wildman–Crippen MR) is 94.7 cm³/mol. The SMILES string of the molecule is C[C@@H](c1ccc(F)cc1)N(C)C(=O)c1ccc(Cn2cccn2)cc1. The molecule has 1 heterocycles. The summed E-state index contributed by atoms with van der Waals surface area (Å²) in [5, 5.41) is 4.18. The number of benzene rings is 2. The minimum atomic E-state index is -0.280. The third kappa shape index (κ3) is 3.94. The molecule has 0 N–H and O–H groups in total. The van der Waals surface area contributed by atoms with Gasteiger partial charge in [-0.25, -0.2) is 4.39 Å². The lowest BCUT2D eigenvalue weighted by atomic mass is 10.1. The van der Waals surface area contributed by atoms with E-state index in [2.05, 4.69) is 5.10 Å². The molecule has 0 unspecified atom stereocenters. The number of amides is 1. The van der Waals surface area contributed by atoms with E-state index >= 15 is 0 Å². The van der Waals surface area contributed by atoms with Crippen LogP contribution in [0.2, 0.25) is 0 Å². The van der Waals surface area contributed by atoms with Crippen LogP contribution in [-0.2, 0) is 6.54 Å². The molecular formula is C20H20FN3O. The van der Waals surface area contributed by atoms with Gasteiger partial charge in [-0.1, -0.05) is 24.3 Å². The van der Waals surface area contributed by atoms with Crippen LogP contribution in [0.4, 0.5) is 4.39 Å². The van der Waals surface area contributed by atoms with Crippen LogP contribution >= 0.6 is 0 Å². The number of nitrogens with zero attached hydrogens (tertiary/aromatic N) is 3. The summed E-state index contributed by atoms with van der Waals surface area (Å²) in [6.07, 6.45) is 3.64. The van der Waals surface area contributed by atoms with E-state index in [9.17, 15) is 9.18 Å². The predicted octanol–water partition coefficient (Wildman–Crippen LogP) is 3.90. The second-order valence-corrected chi connectivity index (χ2v) is 6.04. The fraction of sp³-hybridized carbons (Fsp3) is 0.200. The molecule has 3 aromatic rings. The average molecular weight is 337 g/mol. The number of hydrogen-bond acceptors (Lipinski definition) is 2. The fourth-order valence-corrected chi connectivity index (χ4v) is 2.68. The monoisotopic (exact) mass is 337 g/mol. The van der Waals surface area contributed by atoms with Gasteiger partial charge in [-0.3, -0.25) is 9.48 Å². The molecule has 0 saturated heterocycles. The first-order valence-electron chi connectivity index (χ1n) is 8.13. The van der Waals surface area contributed by atoms with Crippen molar-refractivity contribution < 1.29 is 9.18 Å². The molecule has 0 spiro atoms. The quantitative estimate of drug-likeness (QED) is 0.708. The minimum Gasteiger partial charge on any atom is -0.335 e. The molecule has 1 amide bonds. The molecular weight excluding hydrogens is 317 g/mol. The molecule has 1 aromatic heterocycles. The van der Waals surface area contributed by atoms with Gasteiger partial charge in [0.25, 0.3) is 5.91 Å². The van der Waals surface area contributed by atoms with Crippen LogP contribution in [-0.4, -0.2) is 27.6 Å². The van der Waals surface area contributed by atoms with Crippen molar-refractivity contribution in [2.24, 2.45) is 0 Å². The average Bonchev–Trinajstić information content (AvgIpc) is 3.14. The summed E-state index contributed by atoms with van der Waals surface area (Å²) in [6, 6.07) is 15.5. The second-order valence-electron chi connectivity index (χ2n) is 6.04. The Kier molecular flexibility index (Phi) is 4.93. The summed E-state index contributed by atoms with van der Waals surface area (Å²) in [4.78, 5) is 14.4. The maximum atomic E-state index is 13.1. The van der Waals surface area contributed by atoms with Gasteiger partial charge in [0.05, 0.1) is 12.6 Å². The highest BCUT2D eigenvalue weighted by molar-refractivity contribution is 5.94. The van der Waals surface area contributed by atoms with Crippen molar-refractivity contribution in [3.05, 3.63) is 89.5 Å². The zero-order valence-corrected chi connectivity index (χ0v) is 14.3. The van der Waals surface area contributed by atoms with Gasteiger partial charge in [0.2, 0.25) is 0 Å². The van der Waals surface area contributed by atoms with E-state index in [0.717, 1.165) is 11.1 Å². The first-order valence-corrected chi connectivity index (χ1v) is 8.13. The van der Waals surface area contributed by atoms with E-state index in [1.165, 1.54) is 12.1 Å². The molecule has 5 heteroatoms. The van der Waals surface area contributed by atoms with E-state index in [0.29, 0.717) is 12.1 Å². The number of hydrogen-bond donors (Lipinski definition) is 0. The molecule has 0 fully saturated rings. The summed E-state index contributed by atoms with van der Waals surface area (Å²) < 4.78 is 14.9. The maximum absolute atomic E-state index is 13.1. The van der Waals surface area contributed by atoms with Gasteiger partial charge in [-0.15, -0.1) is 0 Å². The topological polar surface area (TPSA) is 38.1 Å². The van der Waals surface area contributed by atoms with Crippen molar-refractivity contribution >= 4 is 5.91 Å². The molecule has 3 rings (SSSR count). The first-order chi connectivity index (χ1) is 12.0. The smallest absolute Gasteiger partial charge is 0.254 e. The van der Waals surface area contributed by atoms with Crippen LogP contribution in [0.25, 0.3) is 0 Å². The van der Waals surface area contributed by atoms with Gasteiger partial charge in [-0.05, 0) is 48.4 Å². The molecule has 4 nitrogen and oxygen atoms in total. The van der Waals surface area contributed by atoms with Crippen LogP contribution < -0.4 is 0 Å². The van der Waals surface area contributed by atoms with E-state index in [-0.39, 0.29) is 17.8 Å². The third-order valence-electron chi connectivity index (χ3n) is 4.36. The number of carbonyl (C=O) groups excluding carboxylic acids is 1. The molecule has 0 aliphatic rings. The third-order valence-corrected chi connectivity index (χ3v) is 4.36. The summed E-state index contributed by atoms with van der Waals surface area (Å²) >= 11 is 0. The van der Waals surface area contributed by atoms with Crippen LogP contribution in [0.15, 0.2) is 67.0 Å². The van der Waals surface area contributed by atoms with Crippen molar-refractivity contribution in [1.82, 2.24) is 14.7 Å². The number of aromatic nitrogens is 2. The normalized spacial score (nSPS) is 12.0. The standard InChI is InChI=1S/C20H20FN3O/c1-15(17-8-10-19(21)11-9-17)23(2)20(25)18-6-4-16(5-7-18)14-24-13-3-12-22-24/h3-13,15H,14H2,1-2H3/t15-/m0/s1. The van der Waals surface area contributed by atoms with Crippen LogP contribution in [0.3, 0.4) is 0 Å². The van der Waals surface area contributed by atoms with Gasteiger partial charge in [0.15, 0.2) is 0 Å². The van der Waals surface area contributed by atoms with Crippen molar-refractivity contribution in [3.8, 4) is 0 Å². The van der Waals surface area contributed by atoms with Crippen molar-refractivity contribution in [1.29, 1.82) is 0 Å². The summed E-state index contributed by atoms with van der Waals surface area (Å²) in [5.41, 5.74) is 2.60. The van der Waals surface area contributed by atoms with E-state index in [1.54, 1.807) is 30.3 Å². The summed E-state index contributed by atoms with van der Waals surface area (Å²) in [7, 11) is 1.76. The molecule has 0 saturated carbocycles. The lowest BCUT2D eigenvalue weighted by Crippen LogP contribution is -2.29. The second kappa shape index (κ2) is 7.30. The maximum Gasteiger partial charge on any atom is 0.254 e. The molecule has 1 atom stereocenters. The van der Waals surface area contributed by atoms with Crippen molar-refractivity contribution in [2.75, 3.05) is 7.05 Å². The van der Waals surface area contributed by atoms with Gasteiger partial charge >= 0.3 is 0 Å². The van der Waals surface area contributed by atoms with Crippen LogP contribution in [0.5, 0.6) is 0 Å². The zero-order valence-electron chi connectivity index (χ0n) is 14.3. The Morgan fingerprint density at radius 2 is 1.84 bits per heavy atom. The number of rotatable bonds is 5. The van der Waals surface area contributed by atoms with Gasteiger partial charge < -0.3 is 4.90 Å². The Morgan fingerprint density at radius 1 is 1.16 bits per heavy atom. The molecule has 25 heavy (non-hydrogen) atoms. The first kappa shape index (κ1) is 16.9. The lowest BCUT2D eigenvalue weighted by molar-refractivity contribution is 0.0742. The Hall–Kier alpha value is -2.95. The largest absolute Gasteiger partial charge is 0.335 e. The minimum absolute atomic E-state index is 0.0672. The highest BCUT2D eigenvalue weighted by Crippen LogP contribution is 2.21. The molecule has 128 valence electrons. The zero-order chi connectivity index (χ0) is 17.8. The van der Waals surface area contributed by atoms with Crippen molar-refractivity contribution in [3.63, 3.8) is 0 Å². The highest BCUT2D eigenvalue weighted by Gasteiger charge is 2.19. The number of carbonyl (C=O) groups is 1. The molecule has 0 aliphatic carbocycles. The van der Waals surface area contributed by atoms with Crippen LogP contribution in [0.1, 0.15) is 34.5 Å². The Balaban J connectivity index is 1.70. The highest BCUT2D eigenvalue weighted by atomic mass is 19.1.